The molecule has 116 valence electrons. The lowest BCUT2D eigenvalue weighted by atomic mass is 9.67. The number of benzene rings is 1. The third-order valence-electron chi connectivity index (χ3n) is 4.33. The Bertz CT molecular complexity index is 464. The lowest BCUT2D eigenvalue weighted by molar-refractivity contribution is 0.0214. The summed E-state index contributed by atoms with van der Waals surface area (Å²) in [6, 6.07) is 7.46. The van der Waals surface area contributed by atoms with Crippen LogP contribution >= 0.6 is 0 Å². The van der Waals surface area contributed by atoms with Gasteiger partial charge in [0.2, 0.25) is 0 Å². The highest BCUT2D eigenvalue weighted by Gasteiger charge is 2.38. The zero-order chi connectivity index (χ0) is 15.5. The summed E-state index contributed by atoms with van der Waals surface area (Å²) in [7, 11) is 1.64. The first-order chi connectivity index (χ1) is 9.93. The van der Waals surface area contributed by atoms with Gasteiger partial charge in [0, 0.05) is 24.7 Å². The molecule has 0 spiro atoms. The van der Waals surface area contributed by atoms with Crippen molar-refractivity contribution in [1.29, 1.82) is 0 Å². The van der Waals surface area contributed by atoms with Crippen LogP contribution in [0.4, 0.5) is 0 Å². The smallest absolute Gasteiger partial charge is 0.166 e. The molecule has 0 radical (unpaired) electrons. The Morgan fingerprint density at radius 2 is 1.76 bits per heavy atom. The van der Waals surface area contributed by atoms with Crippen molar-refractivity contribution in [2.24, 2.45) is 17.3 Å². The number of methoxy groups -OCH3 is 1. The van der Waals surface area contributed by atoms with Crippen LogP contribution in [0.3, 0.4) is 0 Å². The molecule has 1 heterocycles. The van der Waals surface area contributed by atoms with Crippen molar-refractivity contribution in [3.8, 4) is 5.75 Å². The van der Waals surface area contributed by atoms with Gasteiger partial charge in [-0.1, -0.05) is 20.8 Å². The fourth-order valence-corrected chi connectivity index (χ4v) is 3.30. The Labute approximate surface area is 127 Å². The molecule has 1 aromatic rings. The minimum Gasteiger partial charge on any atom is -0.497 e. The first-order valence-electron chi connectivity index (χ1n) is 7.69. The van der Waals surface area contributed by atoms with Crippen LogP contribution in [0.1, 0.15) is 44.0 Å². The molecular formula is C18H26O3. The van der Waals surface area contributed by atoms with E-state index in [-0.39, 0.29) is 17.1 Å². The summed E-state index contributed by atoms with van der Waals surface area (Å²) in [5.41, 5.74) is 0.737. The number of ketones is 1. The predicted octanol–water partition coefficient (Wildman–Crippen LogP) is 3.97. The van der Waals surface area contributed by atoms with E-state index < -0.39 is 0 Å². The number of carbonyl (C=O) groups is 1. The summed E-state index contributed by atoms with van der Waals surface area (Å²) in [6.45, 7) is 8.03. The lowest BCUT2D eigenvalue weighted by Gasteiger charge is -2.38. The number of carbonyl (C=O) groups excluding carboxylic acids is 1. The van der Waals surface area contributed by atoms with Gasteiger partial charge in [0.15, 0.2) is 5.78 Å². The summed E-state index contributed by atoms with van der Waals surface area (Å²) in [5, 5.41) is 0. The van der Waals surface area contributed by atoms with E-state index in [0.29, 0.717) is 5.92 Å². The topological polar surface area (TPSA) is 35.5 Å². The van der Waals surface area contributed by atoms with E-state index in [1.165, 1.54) is 0 Å². The van der Waals surface area contributed by atoms with Crippen LogP contribution in [0.5, 0.6) is 5.75 Å². The van der Waals surface area contributed by atoms with Crippen LogP contribution < -0.4 is 4.74 Å². The number of hydrogen-bond donors (Lipinski definition) is 0. The second kappa shape index (κ2) is 6.61. The Morgan fingerprint density at radius 1 is 1.19 bits per heavy atom. The minimum absolute atomic E-state index is 0.0368. The molecular weight excluding hydrogens is 264 g/mol. The van der Waals surface area contributed by atoms with Gasteiger partial charge in [-0.3, -0.25) is 4.79 Å². The van der Waals surface area contributed by atoms with Gasteiger partial charge in [-0.15, -0.1) is 0 Å². The number of rotatable bonds is 4. The molecule has 1 unspecified atom stereocenters. The van der Waals surface area contributed by atoms with E-state index in [9.17, 15) is 4.79 Å². The molecule has 0 saturated carbocycles. The standard InChI is InChI=1S/C18H26O3/c1-18(2,3)16(13-9-11-21-12-10-13)17(19)14-5-7-15(20-4)8-6-14/h5-8,13,16H,9-12H2,1-4H3. The van der Waals surface area contributed by atoms with Gasteiger partial charge in [0.05, 0.1) is 7.11 Å². The van der Waals surface area contributed by atoms with Crippen LogP contribution in [-0.2, 0) is 4.74 Å². The van der Waals surface area contributed by atoms with Crippen molar-refractivity contribution in [3.63, 3.8) is 0 Å². The zero-order valence-corrected chi connectivity index (χ0v) is 13.5. The van der Waals surface area contributed by atoms with E-state index in [0.717, 1.165) is 37.4 Å². The van der Waals surface area contributed by atoms with Gasteiger partial charge in [0.1, 0.15) is 5.75 Å². The zero-order valence-electron chi connectivity index (χ0n) is 13.5. The van der Waals surface area contributed by atoms with Gasteiger partial charge in [-0.2, -0.15) is 0 Å². The van der Waals surface area contributed by atoms with Crippen molar-refractivity contribution in [3.05, 3.63) is 29.8 Å². The Kier molecular flexibility index (Phi) is 5.04. The van der Waals surface area contributed by atoms with E-state index in [2.05, 4.69) is 20.8 Å². The van der Waals surface area contributed by atoms with E-state index in [4.69, 9.17) is 9.47 Å². The molecule has 1 aromatic carbocycles. The molecule has 1 fully saturated rings. The van der Waals surface area contributed by atoms with Gasteiger partial charge in [-0.25, -0.2) is 0 Å². The van der Waals surface area contributed by atoms with Crippen molar-refractivity contribution < 1.29 is 14.3 Å². The average Bonchev–Trinajstić information content (AvgIpc) is 2.47. The quantitative estimate of drug-likeness (QED) is 0.787. The molecule has 0 aliphatic carbocycles. The largest absolute Gasteiger partial charge is 0.497 e. The molecule has 3 nitrogen and oxygen atoms in total. The molecule has 0 bridgehead atoms. The molecule has 1 aliphatic rings. The second-order valence-electron chi connectivity index (χ2n) is 6.89. The molecule has 21 heavy (non-hydrogen) atoms. The SMILES string of the molecule is COc1ccc(C(=O)C(C2CCOCC2)C(C)(C)C)cc1. The summed E-state index contributed by atoms with van der Waals surface area (Å²) < 4.78 is 10.6. The van der Waals surface area contributed by atoms with Crippen molar-refractivity contribution >= 4 is 5.78 Å². The fourth-order valence-electron chi connectivity index (χ4n) is 3.30. The maximum Gasteiger partial charge on any atom is 0.166 e. The summed E-state index contributed by atoms with van der Waals surface area (Å²) in [4.78, 5) is 13.0. The van der Waals surface area contributed by atoms with Gasteiger partial charge < -0.3 is 9.47 Å². The average molecular weight is 290 g/mol. The van der Waals surface area contributed by atoms with Crippen LogP contribution in [-0.4, -0.2) is 26.1 Å². The molecule has 0 N–H and O–H groups in total. The molecule has 1 saturated heterocycles. The first-order valence-corrected chi connectivity index (χ1v) is 7.69. The van der Waals surface area contributed by atoms with Gasteiger partial charge >= 0.3 is 0 Å². The van der Waals surface area contributed by atoms with E-state index >= 15 is 0 Å². The van der Waals surface area contributed by atoms with E-state index in [1.54, 1.807) is 7.11 Å². The minimum atomic E-state index is -0.0426. The molecule has 1 atom stereocenters. The highest BCUT2D eigenvalue weighted by molar-refractivity contribution is 5.98. The number of ether oxygens (including phenoxy) is 2. The third kappa shape index (κ3) is 3.85. The van der Waals surface area contributed by atoms with Crippen LogP contribution in [0.15, 0.2) is 24.3 Å². The lowest BCUT2D eigenvalue weighted by Crippen LogP contribution is -2.38. The van der Waals surface area contributed by atoms with E-state index in [1.807, 2.05) is 24.3 Å². The molecule has 0 aromatic heterocycles. The van der Waals surface area contributed by atoms with Crippen LogP contribution in [0.25, 0.3) is 0 Å². The maximum atomic E-state index is 13.0. The van der Waals surface area contributed by atoms with Crippen LogP contribution in [0, 0.1) is 17.3 Å². The van der Waals surface area contributed by atoms with Crippen molar-refractivity contribution in [2.75, 3.05) is 20.3 Å². The second-order valence-corrected chi connectivity index (χ2v) is 6.89. The van der Waals surface area contributed by atoms with Crippen LogP contribution in [0.2, 0.25) is 0 Å². The highest BCUT2D eigenvalue weighted by atomic mass is 16.5. The van der Waals surface area contributed by atoms with Gasteiger partial charge in [0.25, 0.3) is 0 Å². The predicted molar refractivity (Wildman–Crippen MR) is 83.8 cm³/mol. The number of Topliss-reactive ketones (excluding diaryl/α,β-unsaturated/α-hetero) is 1. The summed E-state index contributed by atoms with van der Waals surface area (Å²) >= 11 is 0. The first kappa shape index (κ1) is 16.0. The van der Waals surface area contributed by atoms with Crippen molar-refractivity contribution in [2.45, 2.75) is 33.6 Å². The van der Waals surface area contributed by atoms with Crippen molar-refractivity contribution in [1.82, 2.24) is 0 Å². The molecule has 0 amide bonds. The molecule has 1 aliphatic heterocycles. The maximum absolute atomic E-state index is 13.0. The molecule has 3 heteroatoms. The fraction of sp³-hybridized carbons (Fsp3) is 0.611. The van der Waals surface area contributed by atoms with Gasteiger partial charge in [-0.05, 0) is 48.4 Å². The monoisotopic (exact) mass is 290 g/mol. The highest BCUT2D eigenvalue weighted by Crippen LogP contribution is 2.39. The Hall–Kier alpha value is -1.35. The summed E-state index contributed by atoms with van der Waals surface area (Å²) in [6.07, 6.45) is 1.95. The normalized spacial score (nSPS) is 18.3. The molecule has 2 rings (SSSR count). The summed E-state index contributed by atoms with van der Waals surface area (Å²) in [5.74, 6) is 1.48. The third-order valence-corrected chi connectivity index (χ3v) is 4.33. The Balaban J connectivity index is 2.24. The number of hydrogen-bond acceptors (Lipinski definition) is 3. The Morgan fingerprint density at radius 3 is 2.24 bits per heavy atom.